The number of hydrogen-bond donors (Lipinski definition) is 3. The van der Waals surface area contributed by atoms with Gasteiger partial charge in [-0.15, -0.1) is 0 Å². The van der Waals surface area contributed by atoms with Gasteiger partial charge in [0.25, 0.3) is 0 Å². The lowest BCUT2D eigenvalue weighted by atomic mass is 9.98. The van der Waals surface area contributed by atoms with E-state index in [1.807, 2.05) is 57.3 Å². The number of amides is 1. The fourth-order valence-corrected chi connectivity index (χ4v) is 3.33. The number of carbonyl (C=O) groups excluding carboxylic acids is 1. The van der Waals surface area contributed by atoms with Gasteiger partial charge in [0.2, 0.25) is 5.91 Å². The first-order valence-corrected chi connectivity index (χ1v) is 8.67. The van der Waals surface area contributed by atoms with Crippen LogP contribution in [0.25, 0.3) is 10.9 Å². The largest absolute Gasteiger partial charge is 0.398 e. The number of anilines is 1. The van der Waals surface area contributed by atoms with Crippen LogP contribution in [0.4, 0.5) is 5.69 Å². The van der Waals surface area contributed by atoms with Crippen LogP contribution in [0.1, 0.15) is 41.6 Å². The van der Waals surface area contributed by atoms with Crippen molar-refractivity contribution in [3.63, 3.8) is 0 Å². The second-order valence-corrected chi connectivity index (χ2v) is 6.66. The molecule has 1 aromatic heterocycles. The van der Waals surface area contributed by atoms with Crippen molar-refractivity contribution in [1.82, 2.24) is 10.3 Å². The normalized spacial score (nSPS) is 12.3. The van der Waals surface area contributed by atoms with Crippen LogP contribution in [0.15, 0.2) is 42.6 Å². The van der Waals surface area contributed by atoms with Crippen LogP contribution in [0.2, 0.25) is 0 Å². The molecule has 1 amide bonds. The van der Waals surface area contributed by atoms with Crippen LogP contribution >= 0.6 is 0 Å². The van der Waals surface area contributed by atoms with Gasteiger partial charge in [0.15, 0.2) is 0 Å². The average molecular weight is 335 g/mol. The molecular weight excluding hydrogens is 310 g/mol. The Labute approximate surface area is 148 Å². The van der Waals surface area contributed by atoms with E-state index < -0.39 is 0 Å². The zero-order valence-electron chi connectivity index (χ0n) is 15.0. The lowest BCUT2D eigenvalue weighted by Crippen LogP contribution is -2.27. The summed E-state index contributed by atoms with van der Waals surface area (Å²) >= 11 is 0. The zero-order valence-corrected chi connectivity index (χ0v) is 15.0. The van der Waals surface area contributed by atoms with Gasteiger partial charge in [-0.25, -0.2) is 0 Å². The van der Waals surface area contributed by atoms with E-state index in [1.165, 1.54) is 10.9 Å². The Kier molecular flexibility index (Phi) is 4.79. The monoisotopic (exact) mass is 335 g/mol. The number of fused-ring (bicyclic) bond motifs is 1. The SMILES string of the molecule is Cc1ccc(C(C)NC(=O)CCc2c[nH]c3ccccc23)c(C)c1N. The summed E-state index contributed by atoms with van der Waals surface area (Å²) in [5.74, 6) is 0.0522. The lowest BCUT2D eigenvalue weighted by Gasteiger charge is -2.19. The summed E-state index contributed by atoms with van der Waals surface area (Å²) in [6.45, 7) is 6.00. The van der Waals surface area contributed by atoms with Crippen molar-refractivity contribution in [1.29, 1.82) is 0 Å². The minimum absolute atomic E-state index is 0.0522. The van der Waals surface area contributed by atoms with Crippen molar-refractivity contribution in [2.24, 2.45) is 0 Å². The summed E-state index contributed by atoms with van der Waals surface area (Å²) in [6, 6.07) is 12.2. The van der Waals surface area contributed by atoms with Crippen LogP contribution < -0.4 is 11.1 Å². The molecule has 1 heterocycles. The zero-order chi connectivity index (χ0) is 18.0. The number of aromatic nitrogens is 1. The van der Waals surface area contributed by atoms with Crippen LogP contribution in [-0.4, -0.2) is 10.9 Å². The number of nitrogen functional groups attached to an aromatic ring is 1. The molecule has 4 nitrogen and oxygen atoms in total. The number of hydrogen-bond acceptors (Lipinski definition) is 2. The Bertz CT molecular complexity index is 911. The summed E-state index contributed by atoms with van der Waals surface area (Å²) in [5, 5.41) is 4.28. The number of H-pyrrole nitrogens is 1. The molecule has 0 saturated heterocycles. The first-order chi connectivity index (χ1) is 12.0. The molecule has 3 aromatic rings. The van der Waals surface area contributed by atoms with Gasteiger partial charge >= 0.3 is 0 Å². The maximum Gasteiger partial charge on any atom is 0.220 e. The number of benzene rings is 2. The summed E-state index contributed by atoms with van der Waals surface area (Å²) in [4.78, 5) is 15.6. The lowest BCUT2D eigenvalue weighted by molar-refractivity contribution is -0.121. The first kappa shape index (κ1) is 17.1. The quantitative estimate of drug-likeness (QED) is 0.612. The highest BCUT2D eigenvalue weighted by molar-refractivity contribution is 5.84. The summed E-state index contributed by atoms with van der Waals surface area (Å²) in [7, 11) is 0. The highest BCUT2D eigenvalue weighted by atomic mass is 16.1. The smallest absolute Gasteiger partial charge is 0.220 e. The van der Waals surface area contributed by atoms with Crippen molar-refractivity contribution in [3.05, 3.63) is 64.8 Å². The Morgan fingerprint density at radius 3 is 2.76 bits per heavy atom. The van der Waals surface area contributed by atoms with Crippen LogP contribution in [0, 0.1) is 13.8 Å². The van der Waals surface area contributed by atoms with Gasteiger partial charge in [0, 0.05) is 29.2 Å². The molecular formula is C21H25N3O. The molecule has 0 aliphatic rings. The van der Waals surface area contributed by atoms with E-state index >= 15 is 0 Å². The third-order valence-electron chi connectivity index (χ3n) is 4.92. The predicted octanol–water partition coefficient (Wildman–Crippen LogP) is 4.18. The number of nitrogens with two attached hydrogens (primary N) is 1. The molecule has 0 radical (unpaired) electrons. The molecule has 1 unspecified atom stereocenters. The van der Waals surface area contributed by atoms with Gasteiger partial charge in [0.05, 0.1) is 6.04 Å². The molecule has 0 saturated carbocycles. The van der Waals surface area contributed by atoms with Gasteiger partial charge in [-0.05, 0) is 55.5 Å². The fraction of sp³-hybridized carbons (Fsp3) is 0.286. The maximum absolute atomic E-state index is 12.4. The summed E-state index contributed by atoms with van der Waals surface area (Å²) in [5.41, 5.74) is 12.4. The molecule has 0 aliphatic carbocycles. The highest BCUT2D eigenvalue weighted by Crippen LogP contribution is 2.25. The van der Waals surface area contributed by atoms with Gasteiger partial charge in [-0.3, -0.25) is 4.79 Å². The predicted molar refractivity (Wildman–Crippen MR) is 104 cm³/mol. The third kappa shape index (κ3) is 3.53. The van der Waals surface area contributed by atoms with Crippen molar-refractivity contribution in [2.75, 3.05) is 5.73 Å². The number of carbonyl (C=O) groups is 1. The molecule has 25 heavy (non-hydrogen) atoms. The van der Waals surface area contributed by atoms with Crippen molar-refractivity contribution < 1.29 is 4.79 Å². The Morgan fingerprint density at radius 2 is 1.96 bits per heavy atom. The average Bonchev–Trinajstić information content (AvgIpc) is 3.01. The molecule has 4 heteroatoms. The Balaban J connectivity index is 1.64. The van der Waals surface area contributed by atoms with E-state index in [2.05, 4.69) is 16.4 Å². The molecule has 0 fully saturated rings. The minimum atomic E-state index is -0.0571. The van der Waals surface area contributed by atoms with E-state index in [0.29, 0.717) is 6.42 Å². The fourth-order valence-electron chi connectivity index (χ4n) is 3.33. The van der Waals surface area contributed by atoms with E-state index in [4.69, 9.17) is 5.73 Å². The van der Waals surface area contributed by atoms with Gasteiger partial charge in [0.1, 0.15) is 0 Å². The van der Waals surface area contributed by atoms with E-state index in [0.717, 1.165) is 34.3 Å². The molecule has 0 bridgehead atoms. The minimum Gasteiger partial charge on any atom is -0.398 e. The first-order valence-electron chi connectivity index (χ1n) is 8.67. The van der Waals surface area contributed by atoms with E-state index in [-0.39, 0.29) is 11.9 Å². The Morgan fingerprint density at radius 1 is 1.20 bits per heavy atom. The van der Waals surface area contributed by atoms with Crippen LogP contribution in [0.5, 0.6) is 0 Å². The van der Waals surface area contributed by atoms with Gasteiger partial charge < -0.3 is 16.0 Å². The molecule has 1 atom stereocenters. The van der Waals surface area contributed by atoms with Gasteiger partial charge in [-0.2, -0.15) is 0 Å². The van der Waals surface area contributed by atoms with Crippen molar-refractivity contribution >= 4 is 22.5 Å². The van der Waals surface area contributed by atoms with E-state index in [1.54, 1.807) is 0 Å². The number of nitrogens with one attached hydrogen (secondary N) is 2. The third-order valence-corrected chi connectivity index (χ3v) is 4.92. The molecule has 0 spiro atoms. The number of para-hydroxylation sites is 1. The summed E-state index contributed by atoms with van der Waals surface area (Å²) in [6.07, 6.45) is 3.18. The molecule has 130 valence electrons. The number of aromatic amines is 1. The molecule has 0 aliphatic heterocycles. The topological polar surface area (TPSA) is 70.9 Å². The maximum atomic E-state index is 12.4. The highest BCUT2D eigenvalue weighted by Gasteiger charge is 2.14. The second-order valence-electron chi connectivity index (χ2n) is 6.66. The molecule has 3 rings (SSSR count). The number of aryl methyl sites for hydroxylation is 2. The van der Waals surface area contributed by atoms with Crippen LogP contribution in [0.3, 0.4) is 0 Å². The van der Waals surface area contributed by atoms with Crippen LogP contribution in [-0.2, 0) is 11.2 Å². The van der Waals surface area contributed by atoms with Crippen molar-refractivity contribution in [3.8, 4) is 0 Å². The van der Waals surface area contributed by atoms with Crippen molar-refractivity contribution in [2.45, 2.75) is 39.7 Å². The van der Waals surface area contributed by atoms with Gasteiger partial charge in [-0.1, -0.05) is 30.3 Å². The Hall–Kier alpha value is -2.75. The number of rotatable bonds is 5. The second kappa shape index (κ2) is 7.01. The standard InChI is InChI=1S/C21H25N3O/c1-13-8-10-17(14(2)21(13)22)15(3)24-20(25)11-9-16-12-23-19-7-5-4-6-18(16)19/h4-8,10,12,15,23H,9,11,22H2,1-3H3,(H,24,25). The molecule has 4 N–H and O–H groups in total. The summed E-state index contributed by atoms with van der Waals surface area (Å²) < 4.78 is 0. The van der Waals surface area contributed by atoms with E-state index in [9.17, 15) is 4.79 Å². The molecule has 2 aromatic carbocycles.